The minimum absolute atomic E-state index is 0.0450. The summed E-state index contributed by atoms with van der Waals surface area (Å²) in [7, 11) is -3.07. The number of nitrogens with zero attached hydrogens (tertiary/aromatic N) is 1. The lowest BCUT2D eigenvalue weighted by Gasteiger charge is -2.32. The molecule has 0 saturated carbocycles. The van der Waals surface area contributed by atoms with Gasteiger partial charge in [-0.2, -0.15) is 0 Å². The van der Waals surface area contributed by atoms with Crippen LogP contribution in [0.25, 0.3) is 0 Å². The van der Waals surface area contributed by atoms with E-state index in [1.165, 1.54) is 23.4 Å². The Hall–Kier alpha value is -1.63. The van der Waals surface area contributed by atoms with Gasteiger partial charge in [0.05, 0.1) is 11.5 Å². The first kappa shape index (κ1) is 12.8. The van der Waals surface area contributed by atoms with Crippen molar-refractivity contribution in [3.05, 3.63) is 34.2 Å². The molecule has 1 N–H and O–H groups in total. The Morgan fingerprint density at radius 1 is 1.50 bits per heavy atom. The lowest BCUT2D eigenvalue weighted by Crippen LogP contribution is -2.50. The Kier molecular flexibility index (Phi) is 3.25. The van der Waals surface area contributed by atoms with Crippen LogP contribution < -0.4 is 5.43 Å². The van der Waals surface area contributed by atoms with E-state index in [2.05, 4.69) is 4.98 Å². The van der Waals surface area contributed by atoms with E-state index in [0.29, 0.717) is 0 Å². The van der Waals surface area contributed by atoms with Gasteiger partial charge in [0.2, 0.25) is 0 Å². The van der Waals surface area contributed by atoms with Crippen LogP contribution in [0.4, 0.5) is 0 Å². The molecular weight excluding hydrogens is 256 g/mol. The highest BCUT2D eigenvalue weighted by molar-refractivity contribution is 7.91. The number of hydrogen-bond acceptors (Lipinski definition) is 4. The molecule has 1 aromatic rings. The standard InChI is InChI=1S/C11H14N2O4S/c1-8-7-18(16,17)5-4-13(8)11(15)9-6-12-3-2-10(9)14/h2-3,6,8H,4-5,7H2,1H3,(H,12,14). The summed E-state index contributed by atoms with van der Waals surface area (Å²) in [6.07, 6.45) is 2.80. The second-order valence-electron chi connectivity index (χ2n) is 4.38. The molecule has 1 atom stereocenters. The minimum atomic E-state index is -3.07. The van der Waals surface area contributed by atoms with Crippen molar-refractivity contribution in [3.8, 4) is 0 Å². The zero-order valence-electron chi connectivity index (χ0n) is 9.92. The number of nitrogens with one attached hydrogen (secondary N) is 1. The Morgan fingerprint density at radius 3 is 2.83 bits per heavy atom. The maximum absolute atomic E-state index is 12.2. The minimum Gasteiger partial charge on any atom is -0.367 e. The second kappa shape index (κ2) is 4.56. The molecule has 1 aliphatic heterocycles. The van der Waals surface area contributed by atoms with Crippen molar-refractivity contribution in [2.24, 2.45) is 0 Å². The molecule has 1 amide bonds. The highest BCUT2D eigenvalue weighted by Crippen LogP contribution is 2.13. The van der Waals surface area contributed by atoms with Crippen LogP contribution in [-0.2, 0) is 9.84 Å². The van der Waals surface area contributed by atoms with Crippen molar-refractivity contribution in [1.29, 1.82) is 0 Å². The summed E-state index contributed by atoms with van der Waals surface area (Å²) >= 11 is 0. The molecule has 1 aromatic heterocycles. The van der Waals surface area contributed by atoms with Crippen LogP contribution in [0, 0.1) is 0 Å². The molecule has 0 aromatic carbocycles. The SMILES string of the molecule is CC1CS(=O)(=O)CCN1C(=O)c1c[nH]ccc1=O. The molecule has 6 nitrogen and oxygen atoms in total. The molecule has 1 fully saturated rings. The van der Waals surface area contributed by atoms with E-state index < -0.39 is 21.8 Å². The first-order chi connectivity index (χ1) is 8.41. The fourth-order valence-electron chi connectivity index (χ4n) is 2.04. The van der Waals surface area contributed by atoms with Crippen LogP contribution in [0.3, 0.4) is 0 Å². The summed E-state index contributed by atoms with van der Waals surface area (Å²) in [6.45, 7) is 1.81. The first-order valence-electron chi connectivity index (χ1n) is 5.59. The molecule has 0 spiro atoms. The van der Waals surface area contributed by atoms with Crippen LogP contribution >= 0.6 is 0 Å². The number of hydrogen-bond donors (Lipinski definition) is 1. The van der Waals surface area contributed by atoms with Crippen molar-refractivity contribution in [2.75, 3.05) is 18.1 Å². The summed E-state index contributed by atoms with van der Waals surface area (Å²) < 4.78 is 22.9. The lowest BCUT2D eigenvalue weighted by atomic mass is 10.2. The molecule has 98 valence electrons. The maximum Gasteiger partial charge on any atom is 0.259 e. The van der Waals surface area contributed by atoms with Crippen LogP contribution in [0.1, 0.15) is 17.3 Å². The number of sulfone groups is 1. The van der Waals surface area contributed by atoms with Gasteiger partial charge < -0.3 is 9.88 Å². The highest BCUT2D eigenvalue weighted by Gasteiger charge is 2.32. The number of pyridine rings is 1. The Labute approximate surface area is 105 Å². The largest absolute Gasteiger partial charge is 0.367 e. The number of carbonyl (C=O) groups excluding carboxylic acids is 1. The second-order valence-corrected chi connectivity index (χ2v) is 6.61. The van der Waals surface area contributed by atoms with Crippen LogP contribution in [-0.4, -0.2) is 48.3 Å². The average Bonchev–Trinajstić information content (AvgIpc) is 2.27. The number of rotatable bonds is 1. The topological polar surface area (TPSA) is 87.3 Å². The molecule has 0 radical (unpaired) electrons. The third-order valence-corrected chi connectivity index (χ3v) is 4.78. The predicted molar refractivity (Wildman–Crippen MR) is 66.2 cm³/mol. The molecule has 18 heavy (non-hydrogen) atoms. The summed E-state index contributed by atoms with van der Waals surface area (Å²) in [5, 5.41) is 0. The third-order valence-electron chi connectivity index (χ3n) is 2.99. The van der Waals surface area contributed by atoms with Gasteiger partial charge in [0.15, 0.2) is 15.3 Å². The molecular formula is C11H14N2O4S. The number of carbonyl (C=O) groups is 1. The number of amides is 1. The van der Waals surface area contributed by atoms with Gasteiger partial charge >= 0.3 is 0 Å². The quantitative estimate of drug-likeness (QED) is 0.754. The van der Waals surface area contributed by atoms with Crippen molar-refractivity contribution >= 4 is 15.7 Å². The van der Waals surface area contributed by atoms with Gasteiger partial charge in [-0.1, -0.05) is 0 Å². The lowest BCUT2D eigenvalue weighted by molar-refractivity contribution is 0.0711. The number of aromatic nitrogens is 1. The fraction of sp³-hybridized carbons (Fsp3) is 0.455. The van der Waals surface area contributed by atoms with Crippen LogP contribution in [0.15, 0.2) is 23.3 Å². The number of aromatic amines is 1. The summed E-state index contributed by atoms with van der Waals surface area (Å²) in [5.41, 5.74) is -0.317. The maximum atomic E-state index is 12.2. The van der Waals surface area contributed by atoms with Crippen LogP contribution in [0.2, 0.25) is 0 Å². The molecule has 7 heteroatoms. The average molecular weight is 270 g/mol. The molecule has 1 unspecified atom stereocenters. The van der Waals surface area contributed by atoms with E-state index in [9.17, 15) is 18.0 Å². The van der Waals surface area contributed by atoms with Gasteiger partial charge in [-0.3, -0.25) is 9.59 Å². The van der Waals surface area contributed by atoms with Crippen molar-refractivity contribution in [2.45, 2.75) is 13.0 Å². The summed E-state index contributed by atoms with van der Waals surface area (Å²) in [5.74, 6) is -0.517. The third kappa shape index (κ3) is 2.45. The Balaban J connectivity index is 2.26. The summed E-state index contributed by atoms with van der Waals surface area (Å²) in [4.78, 5) is 27.8. The van der Waals surface area contributed by atoms with Crippen molar-refractivity contribution < 1.29 is 13.2 Å². The van der Waals surface area contributed by atoms with E-state index >= 15 is 0 Å². The van der Waals surface area contributed by atoms with Gasteiger partial charge in [-0.05, 0) is 6.92 Å². The van der Waals surface area contributed by atoms with Crippen molar-refractivity contribution in [1.82, 2.24) is 9.88 Å². The smallest absolute Gasteiger partial charge is 0.259 e. The predicted octanol–water partition coefficient (Wildman–Crippen LogP) is -0.366. The van der Waals surface area contributed by atoms with Crippen LogP contribution in [0.5, 0.6) is 0 Å². The summed E-state index contributed by atoms with van der Waals surface area (Å²) in [6, 6.07) is 0.870. The molecule has 2 heterocycles. The van der Waals surface area contributed by atoms with Crippen molar-refractivity contribution in [3.63, 3.8) is 0 Å². The van der Waals surface area contributed by atoms with E-state index in [1.54, 1.807) is 6.92 Å². The van der Waals surface area contributed by atoms with Gasteiger partial charge in [-0.15, -0.1) is 0 Å². The zero-order chi connectivity index (χ0) is 13.3. The first-order valence-corrected chi connectivity index (χ1v) is 7.41. The molecule has 1 saturated heterocycles. The number of H-pyrrole nitrogens is 1. The zero-order valence-corrected chi connectivity index (χ0v) is 10.7. The van der Waals surface area contributed by atoms with Gasteiger partial charge in [-0.25, -0.2) is 8.42 Å². The molecule has 2 rings (SSSR count). The normalized spacial score (nSPS) is 22.7. The van der Waals surface area contributed by atoms with E-state index in [-0.39, 0.29) is 29.0 Å². The van der Waals surface area contributed by atoms with Gasteiger partial charge in [0.25, 0.3) is 5.91 Å². The van der Waals surface area contributed by atoms with E-state index in [4.69, 9.17) is 0 Å². The highest BCUT2D eigenvalue weighted by atomic mass is 32.2. The van der Waals surface area contributed by atoms with E-state index in [1.807, 2.05) is 0 Å². The molecule has 0 bridgehead atoms. The molecule has 1 aliphatic rings. The van der Waals surface area contributed by atoms with Gasteiger partial charge in [0, 0.05) is 31.0 Å². The van der Waals surface area contributed by atoms with E-state index in [0.717, 1.165) is 0 Å². The fourth-order valence-corrected chi connectivity index (χ4v) is 3.59. The molecule has 0 aliphatic carbocycles. The Morgan fingerprint density at radius 2 is 2.22 bits per heavy atom. The van der Waals surface area contributed by atoms with Gasteiger partial charge in [0.1, 0.15) is 5.56 Å². The Bertz CT molecular complexity index is 620. The monoisotopic (exact) mass is 270 g/mol.